The lowest BCUT2D eigenvalue weighted by Gasteiger charge is -2.37. The fourth-order valence-corrected chi connectivity index (χ4v) is 3.31. The molecule has 1 aromatic carbocycles. The van der Waals surface area contributed by atoms with Crippen molar-refractivity contribution in [1.82, 2.24) is 0 Å². The maximum atomic E-state index is 6.40. The largest absolute Gasteiger partial charge is 0.327 e. The normalized spacial score (nSPS) is 27.1. The van der Waals surface area contributed by atoms with Crippen LogP contribution in [-0.2, 0) is 6.42 Å². The summed E-state index contributed by atoms with van der Waals surface area (Å²) < 4.78 is 0. The molecule has 2 atom stereocenters. The van der Waals surface area contributed by atoms with Crippen molar-refractivity contribution in [3.8, 4) is 0 Å². The first-order valence-electron chi connectivity index (χ1n) is 6.19. The lowest BCUT2D eigenvalue weighted by atomic mass is 9.70. The first-order valence-corrected chi connectivity index (χ1v) is 6.19. The second-order valence-corrected chi connectivity index (χ2v) is 5.13. The second kappa shape index (κ2) is 3.64. The van der Waals surface area contributed by atoms with Gasteiger partial charge in [0.05, 0.1) is 0 Å². The third kappa shape index (κ3) is 1.50. The molecule has 0 spiro atoms. The average Bonchev–Trinajstić information content (AvgIpc) is 2.72. The maximum absolute atomic E-state index is 6.40. The molecule has 15 heavy (non-hydrogen) atoms. The predicted octanol–water partition coefficient (Wildman–Crippen LogP) is 2.84. The van der Waals surface area contributed by atoms with E-state index >= 15 is 0 Å². The molecular weight excluding hydrogens is 182 g/mol. The lowest BCUT2D eigenvalue weighted by Crippen LogP contribution is -2.40. The van der Waals surface area contributed by atoms with E-state index < -0.39 is 0 Å². The van der Waals surface area contributed by atoms with E-state index in [1.807, 2.05) is 0 Å². The Bertz CT molecular complexity index is 352. The van der Waals surface area contributed by atoms with Crippen molar-refractivity contribution < 1.29 is 0 Å². The van der Waals surface area contributed by atoms with Gasteiger partial charge in [0.2, 0.25) is 0 Å². The molecule has 1 nitrogen and oxygen atoms in total. The Morgan fingerprint density at radius 1 is 1.13 bits per heavy atom. The molecule has 1 aromatic rings. The summed E-state index contributed by atoms with van der Waals surface area (Å²) in [6.45, 7) is 0. The van der Waals surface area contributed by atoms with Crippen molar-refractivity contribution in [3.05, 3.63) is 35.4 Å². The minimum Gasteiger partial charge on any atom is -0.327 e. The van der Waals surface area contributed by atoms with E-state index in [4.69, 9.17) is 5.73 Å². The van der Waals surface area contributed by atoms with Gasteiger partial charge in [-0.15, -0.1) is 0 Å². The quantitative estimate of drug-likeness (QED) is 0.782. The van der Waals surface area contributed by atoms with Gasteiger partial charge in [0.15, 0.2) is 0 Å². The molecule has 3 rings (SSSR count). The molecule has 1 fully saturated rings. The Morgan fingerprint density at radius 2 is 1.87 bits per heavy atom. The minimum atomic E-state index is 0.419. The average molecular weight is 201 g/mol. The molecule has 0 aliphatic heterocycles. The zero-order valence-electron chi connectivity index (χ0n) is 9.15. The van der Waals surface area contributed by atoms with E-state index in [9.17, 15) is 0 Å². The highest BCUT2D eigenvalue weighted by Gasteiger charge is 2.35. The molecule has 80 valence electrons. The van der Waals surface area contributed by atoms with Crippen LogP contribution in [0.2, 0.25) is 0 Å². The Hall–Kier alpha value is -0.820. The van der Waals surface area contributed by atoms with Crippen molar-refractivity contribution in [1.29, 1.82) is 0 Å². The van der Waals surface area contributed by atoms with Crippen LogP contribution in [0.4, 0.5) is 0 Å². The maximum Gasteiger partial charge on any atom is 0.0140 e. The summed E-state index contributed by atoms with van der Waals surface area (Å²) in [4.78, 5) is 0. The van der Waals surface area contributed by atoms with Gasteiger partial charge in [-0.2, -0.15) is 0 Å². The summed E-state index contributed by atoms with van der Waals surface area (Å²) >= 11 is 0. The van der Waals surface area contributed by atoms with Gasteiger partial charge in [-0.3, -0.25) is 0 Å². The van der Waals surface area contributed by atoms with E-state index in [0.717, 1.165) is 5.92 Å². The van der Waals surface area contributed by atoms with Crippen LogP contribution in [0.15, 0.2) is 24.3 Å². The summed E-state index contributed by atoms with van der Waals surface area (Å²) in [7, 11) is 0. The summed E-state index contributed by atoms with van der Waals surface area (Å²) in [6.07, 6.45) is 6.73. The number of hydrogen-bond donors (Lipinski definition) is 1. The van der Waals surface area contributed by atoms with Gasteiger partial charge >= 0.3 is 0 Å². The smallest absolute Gasteiger partial charge is 0.0140 e. The Balaban J connectivity index is 1.75. The zero-order chi connectivity index (χ0) is 10.3. The SMILES string of the molecule is NC(C1CCCC1)C1Cc2ccccc21. The monoisotopic (exact) mass is 201 g/mol. The second-order valence-electron chi connectivity index (χ2n) is 5.13. The summed E-state index contributed by atoms with van der Waals surface area (Å²) in [6, 6.07) is 9.20. The molecule has 2 aliphatic carbocycles. The van der Waals surface area contributed by atoms with Crippen molar-refractivity contribution in [2.45, 2.75) is 44.1 Å². The molecule has 0 saturated heterocycles. The van der Waals surface area contributed by atoms with Crippen molar-refractivity contribution in [2.24, 2.45) is 11.7 Å². The highest BCUT2D eigenvalue weighted by Crippen LogP contribution is 2.41. The minimum absolute atomic E-state index is 0.419. The van der Waals surface area contributed by atoms with E-state index in [1.165, 1.54) is 43.2 Å². The van der Waals surface area contributed by atoms with E-state index in [1.54, 1.807) is 0 Å². The van der Waals surface area contributed by atoms with Crippen molar-refractivity contribution >= 4 is 0 Å². The van der Waals surface area contributed by atoms with E-state index in [-0.39, 0.29) is 0 Å². The van der Waals surface area contributed by atoms with Gasteiger partial charge in [0.1, 0.15) is 0 Å². The highest BCUT2D eigenvalue weighted by molar-refractivity contribution is 5.41. The number of fused-ring (bicyclic) bond motifs is 1. The lowest BCUT2D eigenvalue weighted by molar-refractivity contribution is 0.350. The molecule has 0 radical (unpaired) electrons. The number of hydrogen-bond acceptors (Lipinski definition) is 1. The topological polar surface area (TPSA) is 26.0 Å². The van der Waals surface area contributed by atoms with Gasteiger partial charge < -0.3 is 5.73 Å². The fraction of sp³-hybridized carbons (Fsp3) is 0.571. The van der Waals surface area contributed by atoms with E-state index in [0.29, 0.717) is 12.0 Å². The fourth-order valence-electron chi connectivity index (χ4n) is 3.31. The van der Waals surface area contributed by atoms with Crippen LogP contribution in [0, 0.1) is 5.92 Å². The van der Waals surface area contributed by atoms with Crippen LogP contribution >= 0.6 is 0 Å². The molecule has 0 aromatic heterocycles. The van der Waals surface area contributed by atoms with Gasteiger partial charge in [0.25, 0.3) is 0 Å². The predicted molar refractivity (Wildman–Crippen MR) is 62.8 cm³/mol. The van der Waals surface area contributed by atoms with Gasteiger partial charge in [-0.05, 0) is 36.3 Å². The molecule has 2 unspecified atom stereocenters. The summed E-state index contributed by atoms with van der Waals surface area (Å²) in [5.74, 6) is 1.45. The number of nitrogens with two attached hydrogens (primary N) is 1. The molecule has 2 N–H and O–H groups in total. The van der Waals surface area contributed by atoms with Crippen molar-refractivity contribution in [2.75, 3.05) is 0 Å². The Kier molecular flexibility index (Phi) is 2.28. The first kappa shape index (κ1) is 9.41. The highest BCUT2D eigenvalue weighted by atomic mass is 14.7. The molecule has 2 aliphatic rings. The van der Waals surface area contributed by atoms with Crippen LogP contribution < -0.4 is 5.73 Å². The Morgan fingerprint density at radius 3 is 2.60 bits per heavy atom. The number of rotatable bonds is 2. The molecule has 1 saturated carbocycles. The molecule has 0 heterocycles. The summed E-state index contributed by atoms with van der Waals surface area (Å²) in [5.41, 5.74) is 9.45. The van der Waals surface area contributed by atoms with Crippen LogP contribution in [-0.4, -0.2) is 6.04 Å². The standard InChI is InChI=1S/C14H19N/c15-14(10-5-1-2-6-10)13-9-11-7-3-4-8-12(11)13/h3-4,7-8,10,13-14H,1-2,5-6,9,15H2. The van der Waals surface area contributed by atoms with E-state index in [2.05, 4.69) is 24.3 Å². The Labute approximate surface area is 91.7 Å². The van der Waals surface area contributed by atoms with Crippen LogP contribution in [0.3, 0.4) is 0 Å². The molecule has 1 heteroatoms. The van der Waals surface area contributed by atoms with Crippen LogP contribution in [0.5, 0.6) is 0 Å². The molecule has 0 bridgehead atoms. The van der Waals surface area contributed by atoms with Crippen LogP contribution in [0.25, 0.3) is 0 Å². The third-order valence-electron chi connectivity index (χ3n) is 4.30. The molecule has 0 amide bonds. The summed E-state index contributed by atoms with van der Waals surface area (Å²) in [5, 5.41) is 0. The van der Waals surface area contributed by atoms with Gasteiger partial charge in [0, 0.05) is 12.0 Å². The van der Waals surface area contributed by atoms with Gasteiger partial charge in [-0.25, -0.2) is 0 Å². The van der Waals surface area contributed by atoms with Crippen molar-refractivity contribution in [3.63, 3.8) is 0 Å². The first-order chi connectivity index (χ1) is 7.36. The number of benzene rings is 1. The molecular formula is C14H19N. The van der Waals surface area contributed by atoms with Gasteiger partial charge in [-0.1, -0.05) is 37.1 Å². The zero-order valence-corrected chi connectivity index (χ0v) is 9.15. The van der Waals surface area contributed by atoms with Crippen LogP contribution in [0.1, 0.15) is 42.7 Å². The third-order valence-corrected chi connectivity index (χ3v) is 4.30.